The van der Waals surface area contributed by atoms with E-state index in [9.17, 15) is 19.8 Å². The largest absolute Gasteiger partial charge is 0.481 e. The molecule has 5 saturated carbocycles. The van der Waals surface area contributed by atoms with E-state index in [4.69, 9.17) is 4.74 Å². The molecule has 5 fully saturated rings. The molecule has 2 N–H and O–H groups in total. The van der Waals surface area contributed by atoms with Crippen molar-refractivity contribution in [2.75, 3.05) is 0 Å². The molecule has 47 heavy (non-hydrogen) atoms. The number of benzene rings is 1. The van der Waals surface area contributed by atoms with Crippen LogP contribution in [-0.2, 0) is 20.9 Å². The number of esters is 1. The lowest BCUT2D eigenvalue weighted by Gasteiger charge is -2.72. The third kappa shape index (κ3) is 5.21. The zero-order chi connectivity index (χ0) is 34.2. The molecule has 0 spiro atoms. The number of hydrogen-bond donors (Lipinski definition) is 2. The summed E-state index contributed by atoms with van der Waals surface area (Å²) in [4.78, 5) is 24.7. The van der Waals surface area contributed by atoms with Crippen molar-refractivity contribution in [1.29, 1.82) is 0 Å². The number of rotatable bonds is 5. The third-order valence-electron chi connectivity index (χ3n) is 15.8. The second-order valence-corrected chi connectivity index (χ2v) is 18.6. The highest BCUT2D eigenvalue weighted by Crippen LogP contribution is 2.77. The molecule has 0 radical (unpaired) electrons. The number of carboxylic acids is 1. The number of aliphatic hydroxyl groups is 1. The van der Waals surface area contributed by atoms with Crippen molar-refractivity contribution in [3.8, 4) is 11.8 Å². The SMILES string of the molecule is C[C@@H]1CCC2(C#Cc3ccccc3CO)CC[C@]3(C)C(CCC4[C@@]5(C)CC[C@H](OC(=O)CC(C)(C)C(=O)O)C(C)(C)C5CC[C@]43C)C12. The molecule has 258 valence electrons. The Balaban J connectivity index is 1.26. The summed E-state index contributed by atoms with van der Waals surface area (Å²) < 4.78 is 6.16. The van der Waals surface area contributed by atoms with E-state index in [1.165, 1.54) is 44.9 Å². The Bertz CT molecular complexity index is 1460. The van der Waals surface area contributed by atoms with Crippen molar-refractivity contribution in [1.82, 2.24) is 0 Å². The molecule has 1 aromatic carbocycles. The Morgan fingerprint density at radius 1 is 0.894 bits per heavy atom. The van der Waals surface area contributed by atoms with E-state index in [-0.39, 0.29) is 52.2 Å². The number of fused-ring (bicyclic) bond motifs is 7. The quantitative estimate of drug-likeness (QED) is 0.247. The fourth-order valence-corrected chi connectivity index (χ4v) is 13.0. The monoisotopic (exact) mass is 644 g/mol. The molecule has 0 aromatic heterocycles. The van der Waals surface area contributed by atoms with Crippen LogP contribution in [0.1, 0.15) is 137 Å². The Morgan fingerprint density at radius 3 is 2.32 bits per heavy atom. The van der Waals surface area contributed by atoms with Gasteiger partial charge in [0.1, 0.15) is 6.10 Å². The highest BCUT2D eigenvalue weighted by atomic mass is 16.5. The zero-order valence-corrected chi connectivity index (χ0v) is 30.4. The average Bonchev–Trinajstić information content (AvgIpc) is 3.34. The summed E-state index contributed by atoms with van der Waals surface area (Å²) in [7, 11) is 0. The number of carbonyl (C=O) groups is 2. The van der Waals surface area contributed by atoms with Crippen molar-refractivity contribution >= 4 is 11.9 Å². The Morgan fingerprint density at radius 2 is 1.62 bits per heavy atom. The second kappa shape index (κ2) is 11.6. The van der Waals surface area contributed by atoms with Gasteiger partial charge in [0, 0.05) is 16.4 Å². The van der Waals surface area contributed by atoms with Crippen molar-refractivity contribution in [3.63, 3.8) is 0 Å². The molecule has 0 amide bonds. The van der Waals surface area contributed by atoms with Gasteiger partial charge in [0.05, 0.1) is 18.4 Å². The van der Waals surface area contributed by atoms with Crippen molar-refractivity contribution in [2.45, 2.75) is 139 Å². The van der Waals surface area contributed by atoms with Crippen LogP contribution in [0.3, 0.4) is 0 Å². The Hall–Kier alpha value is -2.32. The van der Waals surface area contributed by atoms with Gasteiger partial charge in [0.25, 0.3) is 0 Å². The predicted molar refractivity (Wildman–Crippen MR) is 185 cm³/mol. The van der Waals surface area contributed by atoms with Crippen LogP contribution < -0.4 is 0 Å². The van der Waals surface area contributed by atoms with Gasteiger partial charge in [-0.1, -0.05) is 71.6 Å². The molecule has 5 aliphatic carbocycles. The molecule has 5 heteroatoms. The van der Waals surface area contributed by atoms with E-state index in [1.807, 2.05) is 18.2 Å². The molecule has 6 rings (SSSR count). The maximum absolute atomic E-state index is 13.0. The van der Waals surface area contributed by atoms with Crippen molar-refractivity contribution in [2.24, 2.45) is 62.1 Å². The van der Waals surface area contributed by atoms with Crippen LogP contribution in [0.4, 0.5) is 0 Å². The standard InChI is InChI=1S/C42H60O5/c1-27-15-21-42(22-16-28-11-9-10-12-29(28)26-43)24-23-40(7)30(35(27)42)13-14-32-39(6)19-18-33(47-34(44)25-37(2,3)36(45)46)38(4,5)31(39)17-20-41(32,40)8/h9-12,27,30-33,35,43H,13-15,17-21,23-26H2,1-8H3,(H,45,46)/t27-,30?,31?,32?,33+,35?,39+,40-,41-,42?/m1/s1. The normalized spacial score (nSPS) is 42.1. The molecule has 5 nitrogen and oxygen atoms in total. The van der Waals surface area contributed by atoms with Crippen molar-refractivity contribution in [3.05, 3.63) is 35.4 Å². The minimum absolute atomic E-state index is 0.0285. The number of ether oxygens (including phenoxy) is 1. The summed E-state index contributed by atoms with van der Waals surface area (Å²) in [5.41, 5.74) is 1.36. The van der Waals surface area contributed by atoms with Gasteiger partial charge < -0.3 is 14.9 Å². The second-order valence-electron chi connectivity index (χ2n) is 18.6. The van der Waals surface area contributed by atoms with Crippen LogP contribution >= 0.6 is 0 Å². The number of aliphatic carboxylic acids is 1. The zero-order valence-electron chi connectivity index (χ0n) is 30.4. The molecule has 0 saturated heterocycles. The van der Waals surface area contributed by atoms with Gasteiger partial charge >= 0.3 is 11.9 Å². The van der Waals surface area contributed by atoms with Crippen LogP contribution in [0.2, 0.25) is 0 Å². The van der Waals surface area contributed by atoms with Crippen LogP contribution in [-0.4, -0.2) is 28.3 Å². The third-order valence-corrected chi connectivity index (χ3v) is 15.8. The summed E-state index contributed by atoms with van der Waals surface area (Å²) in [6.45, 7) is 18.3. The predicted octanol–water partition coefficient (Wildman–Crippen LogP) is 9.04. The van der Waals surface area contributed by atoms with Gasteiger partial charge in [-0.25, -0.2) is 0 Å². The Kier molecular flexibility index (Phi) is 8.55. The highest BCUT2D eigenvalue weighted by molar-refractivity contribution is 5.81. The average molecular weight is 645 g/mol. The molecule has 0 heterocycles. The van der Waals surface area contributed by atoms with Gasteiger partial charge in [-0.05, 0) is 136 Å². The van der Waals surface area contributed by atoms with Crippen molar-refractivity contribution < 1.29 is 24.5 Å². The molecule has 10 atom stereocenters. The number of carbonyl (C=O) groups excluding carboxylic acids is 1. The maximum atomic E-state index is 13.0. The molecular formula is C42H60O5. The lowest BCUT2D eigenvalue weighted by atomic mass is 9.32. The molecule has 5 aliphatic rings. The van der Waals surface area contributed by atoms with Gasteiger partial charge in [-0.15, -0.1) is 0 Å². The topological polar surface area (TPSA) is 83.8 Å². The number of carboxylic acid groups (broad SMARTS) is 1. The first-order chi connectivity index (χ1) is 21.9. The van der Waals surface area contributed by atoms with E-state index < -0.39 is 11.4 Å². The molecule has 5 unspecified atom stereocenters. The minimum Gasteiger partial charge on any atom is -0.481 e. The van der Waals surface area contributed by atoms with Crippen LogP contribution in [0.15, 0.2) is 24.3 Å². The first kappa shape index (κ1) is 34.5. The summed E-state index contributed by atoms with van der Waals surface area (Å²) in [5, 5.41) is 19.5. The number of hydrogen-bond acceptors (Lipinski definition) is 4. The Labute approximate surface area is 284 Å². The number of aliphatic hydroxyl groups excluding tert-OH is 1. The lowest BCUT2D eigenvalue weighted by molar-refractivity contribution is -0.247. The fourth-order valence-electron chi connectivity index (χ4n) is 13.0. The summed E-state index contributed by atoms with van der Waals surface area (Å²) >= 11 is 0. The van der Waals surface area contributed by atoms with Gasteiger partial charge in [0.2, 0.25) is 0 Å². The van der Waals surface area contributed by atoms with E-state index in [2.05, 4.69) is 59.4 Å². The van der Waals surface area contributed by atoms with Gasteiger partial charge in [-0.3, -0.25) is 9.59 Å². The molecule has 0 bridgehead atoms. The van der Waals surface area contributed by atoms with E-state index in [1.54, 1.807) is 13.8 Å². The first-order valence-electron chi connectivity index (χ1n) is 18.6. The van der Waals surface area contributed by atoms with E-state index >= 15 is 0 Å². The smallest absolute Gasteiger partial charge is 0.309 e. The van der Waals surface area contributed by atoms with Crippen LogP contribution in [0.25, 0.3) is 0 Å². The highest BCUT2D eigenvalue weighted by Gasteiger charge is 2.70. The van der Waals surface area contributed by atoms with E-state index in [0.717, 1.165) is 30.4 Å². The van der Waals surface area contributed by atoms with Gasteiger partial charge in [0.15, 0.2) is 0 Å². The summed E-state index contributed by atoms with van der Waals surface area (Å²) in [5.74, 6) is 9.21. The summed E-state index contributed by atoms with van der Waals surface area (Å²) in [6, 6.07) is 8.08. The lowest BCUT2D eigenvalue weighted by Crippen LogP contribution is -2.66. The minimum atomic E-state index is -1.13. The maximum Gasteiger partial charge on any atom is 0.309 e. The van der Waals surface area contributed by atoms with Crippen LogP contribution in [0, 0.1) is 73.9 Å². The first-order valence-corrected chi connectivity index (χ1v) is 18.6. The summed E-state index contributed by atoms with van der Waals surface area (Å²) in [6.07, 6.45) is 11.4. The fraction of sp³-hybridized carbons (Fsp3) is 0.762. The molecule has 1 aromatic rings. The van der Waals surface area contributed by atoms with Crippen LogP contribution in [0.5, 0.6) is 0 Å². The van der Waals surface area contributed by atoms with E-state index in [0.29, 0.717) is 29.6 Å². The molecule has 0 aliphatic heterocycles. The molecular weight excluding hydrogens is 584 g/mol. The van der Waals surface area contributed by atoms with Gasteiger partial charge in [-0.2, -0.15) is 0 Å².